The standard InChI is InChI=1S/C15H18ClN3/c1-19(2)13-5-3-11(4-6-13)15(17)9-12-7-8-18-10-14(12)16/h3-8,10,15H,9,17H2,1-2H3. The Morgan fingerprint density at radius 3 is 2.47 bits per heavy atom. The van der Waals surface area contributed by atoms with Gasteiger partial charge in [0.2, 0.25) is 0 Å². The van der Waals surface area contributed by atoms with E-state index in [-0.39, 0.29) is 6.04 Å². The van der Waals surface area contributed by atoms with Crippen molar-refractivity contribution < 1.29 is 0 Å². The minimum atomic E-state index is -0.0592. The van der Waals surface area contributed by atoms with Crippen LogP contribution in [0.2, 0.25) is 5.02 Å². The van der Waals surface area contributed by atoms with Gasteiger partial charge in [-0.1, -0.05) is 23.7 Å². The maximum atomic E-state index is 6.23. The summed E-state index contributed by atoms with van der Waals surface area (Å²) in [5.41, 5.74) is 9.53. The van der Waals surface area contributed by atoms with E-state index in [1.165, 1.54) is 0 Å². The van der Waals surface area contributed by atoms with Crippen LogP contribution in [0.4, 0.5) is 5.69 Å². The van der Waals surface area contributed by atoms with Crippen LogP contribution in [-0.2, 0) is 6.42 Å². The van der Waals surface area contributed by atoms with E-state index in [1.54, 1.807) is 12.4 Å². The predicted molar refractivity (Wildman–Crippen MR) is 80.6 cm³/mol. The lowest BCUT2D eigenvalue weighted by Crippen LogP contribution is -2.14. The molecule has 1 atom stereocenters. The molecule has 100 valence electrons. The molecule has 0 bridgehead atoms. The van der Waals surface area contributed by atoms with Gasteiger partial charge in [0.25, 0.3) is 0 Å². The Kier molecular flexibility index (Phi) is 4.40. The lowest BCUT2D eigenvalue weighted by atomic mass is 10.00. The molecular formula is C15H18ClN3. The number of aromatic nitrogens is 1. The Labute approximate surface area is 119 Å². The van der Waals surface area contributed by atoms with Crippen molar-refractivity contribution in [2.45, 2.75) is 12.5 Å². The minimum Gasteiger partial charge on any atom is -0.378 e. The number of rotatable bonds is 4. The van der Waals surface area contributed by atoms with Crippen LogP contribution in [0.3, 0.4) is 0 Å². The Bertz CT molecular complexity index is 537. The molecule has 2 N–H and O–H groups in total. The number of nitrogens with two attached hydrogens (primary N) is 1. The van der Waals surface area contributed by atoms with Gasteiger partial charge in [0.15, 0.2) is 0 Å². The highest BCUT2D eigenvalue weighted by Gasteiger charge is 2.09. The van der Waals surface area contributed by atoms with Crippen molar-refractivity contribution in [1.82, 2.24) is 4.98 Å². The number of halogens is 1. The molecule has 0 aliphatic rings. The highest BCUT2D eigenvalue weighted by Crippen LogP contribution is 2.22. The van der Waals surface area contributed by atoms with Gasteiger partial charge >= 0.3 is 0 Å². The highest BCUT2D eigenvalue weighted by molar-refractivity contribution is 6.31. The lowest BCUT2D eigenvalue weighted by molar-refractivity contribution is 0.721. The molecule has 19 heavy (non-hydrogen) atoms. The van der Waals surface area contributed by atoms with Crippen LogP contribution in [0.25, 0.3) is 0 Å². The maximum absolute atomic E-state index is 6.23. The normalized spacial score (nSPS) is 12.2. The van der Waals surface area contributed by atoms with Gasteiger partial charge in [0, 0.05) is 38.2 Å². The molecule has 0 saturated carbocycles. The zero-order valence-electron chi connectivity index (χ0n) is 11.2. The van der Waals surface area contributed by atoms with Gasteiger partial charge in [0.05, 0.1) is 5.02 Å². The fourth-order valence-electron chi connectivity index (χ4n) is 1.94. The van der Waals surface area contributed by atoms with E-state index in [0.717, 1.165) is 16.8 Å². The SMILES string of the molecule is CN(C)c1ccc(C(N)Cc2ccncc2Cl)cc1. The topological polar surface area (TPSA) is 42.1 Å². The summed E-state index contributed by atoms with van der Waals surface area (Å²) < 4.78 is 0. The molecule has 0 aliphatic heterocycles. The molecule has 2 rings (SSSR count). The molecule has 0 fully saturated rings. The minimum absolute atomic E-state index is 0.0592. The third-order valence-electron chi connectivity index (χ3n) is 3.13. The molecule has 1 aromatic heterocycles. The second kappa shape index (κ2) is 6.04. The molecule has 1 unspecified atom stereocenters. The maximum Gasteiger partial charge on any atom is 0.0622 e. The van der Waals surface area contributed by atoms with Crippen LogP contribution in [0.5, 0.6) is 0 Å². The van der Waals surface area contributed by atoms with E-state index in [9.17, 15) is 0 Å². The molecule has 1 aromatic carbocycles. The predicted octanol–water partition coefficient (Wildman–Crippen LogP) is 3.04. The van der Waals surface area contributed by atoms with Crippen molar-refractivity contribution in [3.8, 4) is 0 Å². The second-order valence-electron chi connectivity index (χ2n) is 4.76. The van der Waals surface area contributed by atoms with E-state index in [2.05, 4.69) is 34.1 Å². The van der Waals surface area contributed by atoms with Crippen molar-refractivity contribution in [2.75, 3.05) is 19.0 Å². The number of nitrogens with zero attached hydrogens (tertiary/aromatic N) is 2. The van der Waals surface area contributed by atoms with Gasteiger partial charge in [-0.3, -0.25) is 4.98 Å². The molecular weight excluding hydrogens is 258 g/mol. The molecule has 3 nitrogen and oxygen atoms in total. The second-order valence-corrected chi connectivity index (χ2v) is 5.17. The summed E-state index contributed by atoms with van der Waals surface area (Å²) in [6, 6.07) is 10.1. The largest absolute Gasteiger partial charge is 0.378 e. The Balaban J connectivity index is 2.12. The van der Waals surface area contributed by atoms with Crippen LogP contribution in [0.1, 0.15) is 17.2 Å². The summed E-state index contributed by atoms with van der Waals surface area (Å²) in [4.78, 5) is 6.04. The molecule has 0 radical (unpaired) electrons. The summed E-state index contributed by atoms with van der Waals surface area (Å²) in [5, 5.41) is 0.669. The molecule has 2 aromatic rings. The molecule has 0 spiro atoms. The van der Waals surface area contributed by atoms with Gasteiger partial charge in [-0.2, -0.15) is 0 Å². The molecule has 0 saturated heterocycles. The zero-order valence-corrected chi connectivity index (χ0v) is 11.9. The highest BCUT2D eigenvalue weighted by atomic mass is 35.5. The quantitative estimate of drug-likeness (QED) is 0.933. The molecule has 1 heterocycles. The zero-order chi connectivity index (χ0) is 13.8. The monoisotopic (exact) mass is 275 g/mol. The Hall–Kier alpha value is -1.58. The third-order valence-corrected chi connectivity index (χ3v) is 3.47. The fraction of sp³-hybridized carbons (Fsp3) is 0.267. The van der Waals surface area contributed by atoms with Gasteiger partial charge in [0.1, 0.15) is 0 Å². The van der Waals surface area contributed by atoms with Crippen molar-refractivity contribution in [1.29, 1.82) is 0 Å². The van der Waals surface area contributed by atoms with E-state index in [0.29, 0.717) is 11.4 Å². The first-order chi connectivity index (χ1) is 9.08. The average molecular weight is 276 g/mol. The number of benzene rings is 1. The molecule has 4 heteroatoms. The van der Waals surface area contributed by atoms with Crippen LogP contribution in [0.15, 0.2) is 42.7 Å². The first-order valence-corrected chi connectivity index (χ1v) is 6.57. The van der Waals surface area contributed by atoms with Crippen LogP contribution in [0, 0.1) is 0 Å². The third kappa shape index (κ3) is 3.46. The summed E-state index contributed by atoms with van der Waals surface area (Å²) in [5.74, 6) is 0. The smallest absolute Gasteiger partial charge is 0.0622 e. The van der Waals surface area contributed by atoms with E-state index in [1.807, 2.05) is 20.2 Å². The number of anilines is 1. The van der Waals surface area contributed by atoms with E-state index in [4.69, 9.17) is 17.3 Å². The Morgan fingerprint density at radius 2 is 1.89 bits per heavy atom. The van der Waals surface area contributed by atoms with E-state index < -0.39 is 0 Å². The summed E-state index contributed by atoms with van der Waals surface area (Å²) in [7, 11) is 4.04. The Morgan fingerprint density at radius 1 is 1.21 bits per heavy atom. The van der Waals surface area contributed by atoms with Gasteiger partial charge in [-0.15, -0.1) is 0 Å². The van der Waals surface area contributed by atoms with Crippen LogP contribution in [-0.4, -0.2) is 19.1 Å². The number of hydrogen-bond donors (Lipinski definition) is 1. The van der Waals surface area contributed by atoms with Crippen molar-refractivity contribution >= 4 is 17.3 Å². The number of hydrogen-bond acceptors (Lipinski definition) is 3. The summed E-state index contributed by atoms with van der Waals surface area (Å²) in [6.07, 6.45) is 4.10. The lowest BCUT2D eigenvalue weighted by Gasteiger charge is -2.16. The van der Waals surface area contributed by atoms with Crippen LogP contribution < -0.4 is 10.6 Å². The first-order valence-electron chi connectivity index (χ1n) is 6.19. The fourth-order valence-corrected chi connectivity index (χ4v) is 2.14. The van der Waals surface area contributed by atoms with Crippen molar-refractivity contribution in [3.05, 3.63) is 58.9 Å². The van der Waals surface area contributed by atoms with Gasteiger partial charge in [-0.05, 0) is 35.7 Å². The summed E-state index contributed by atoms with van der Waals surface area (Å²) in [6.45, 7) is 0. The van der Waals surface area contributed by atoms with Crippen LogP contribution >= 0.6 is 11.6 Å². The van der Waals surface area contributed by atoms with Crippen molar-refractivity contribution in [3.63, 3.8) is 0 Å². The number of pyridine rings is 1. The van der Waals surface area contributed by atoms with Gasteiger partial charge < -0.3 is 10.6 Å². The first kappa shape index (κ1) is 13.8. The average Bonchev–Trinajstić information content (AvgIpc) is 2.41. The van der Waals surface area contributed by atoms with Crippen molar-refractivity contribution in [2.24, 2.45) is 5.73 Å². The molecule has 0 amide bonds. The molecule has 0 aliphatic carbocycles. The summed E-state index contributed by atoms with van der Waals surface area (Å²) >= 11 is 6.10. The van der Waals surface area contributed by atoms with E-state index >= 15 is 0 Å². The van der Waals surface area contributed by atoms with Gasteiger partial charge in [-0.25, -0.2) is 0 Å².